The van der Waals surface area contributed by atoms with E-state index in [1.165, 1.54) is 12.0 Å². The first-order chi connectivity index (χ1) is 16.0. The molecule has 0 radical (unpaired) electrons. The minimum atomic E-state index is -3.79. The molecule has 34 heavy (non-hydrogen) atoms. The zero-order valence-electron chi connectivity index (χ0n) is 20.4. The second-order valence-corrected chi connectivity index (χ2v) is 10.1. The lowest BCUT2D eigenvalue weighted by molar-refractivity contribution is -0.139. The third-order valence-corrected chi connectivity index (χ3v) is 6.27. The maximum Gasteiger partial charge on any atom is 0.244 e. The Labute approximate surface area is 201 Å². The van der Waals surface area contributed by atoms with E-state index in [0.29, 0.717) is 17.2 Å². The van der Waals surface area contributed by atoms with Gasteiger partial charge in [-0.3, -0.25) is 13.9 Å². The molecule has 0 saturated heterocycles. The fraction of sp³-hybridized carbons (Fsp3) is 0.417. The van der Waals surface area contributed by atoms with Crippen LogP contribution in [0.5, 0.6) is 11.5 Å². The molecule has 1 unspecified atom stereocenters. The molecule has 186 valence electrons. The summed E-state index contributed by atoms with van der Waals surface area (Å²) in [4.78, 5) is 27.6. The number of nitrogens with one attached hydrogen (secondary N) is 1. The average Bonchev–Trinajstić information content (AvgIpc) is 2.79. The Morgan fingerprint density at radius 1 is 0.971 bits per heavy atom. The van der Waals surface area contributed by atoms with Gasteiger partial charge in [0.05, 0.1) is 26.2 Å². The Kier molecular flexibility index (Phi) is 9.31. The van der Waals surface area contributed by atoms with Gasteiger partial charge in [0, 0.05) is 12.6 Å². The largest absolute Gasteiger partial charge is 0.497 e. The maximum absolute atomic E-state index is 13.5. The molecule has 0 aliphatic rings. The minimum absolute atomic E-state index is 0.100. The lowest BCUT2D eigenvalue weighted by atomic mass is 10.1. The molecule has 9 nitrogen and oxygen atoms in total. The number of sulfonamides is 1. The third kappa shape index (κ3) is 7.38. The molecule has 2 rings (SSSR count). The van der Waals surface area contributed by atoms with E-state index < -0.39 is 28.5 Å². The van der Waals surface area contributed by atoms with E-state index in [9.17, 15) is 18.0 Å². The topological polar surface area (TPSA) is 105 Å². The molecule has 2 aromatic rings. The van der Waals surface area contributed by atoms with Gasteiger partial charge in [-0.2, -0.15) is 0 Å². The second kappa shape index (κ2) is 11.7. The van der Waals surface area contributed by atoms with Crippen LogP contribution in [0.1, 0.15) is 26.3 Å². The Hall–Kier alpha value is -3.27. The number of nitrogens with zero attached hydrogens (tertiary/aromatic N) is 2. The van der Waals surface area contributed by atoms with Gasteiger partial charge in [0.1, 0.15) is 24.1 Å². The predicted molar refractivity (Wildman–Crippen MR) is 131 cm³/mol. The number of methoxy groups -OCH3 is 2. The fourth-order valence-corrected chi connectivity index (χ4v) is 4.17. The molecule has 0 bridgehead atoms. The van der Waals surface area contributed by atoms with Crippen molar-refractivity contribution >= 4 is 27.5 Å². The summed E-state index contributed by atoms with van der Waals surface area (Å²) in [6, 6.07) is 12.6. The number of benzene rings is 2. The molecule has 0 aliphatic heterocycles. The van der Waals surface area contributed by atoms with Gasteiger partial charge in [-0.05, 0) is 62.7 Å². The molecular weight excluding hydrogens is 458 g/mol. The number of ether oxygens (including phenoxy) is 2. The van der Waals surface area contributed by atoms with E-state index in [1.54, 1.807) is 56.5 Å². The number of amides is 2. The smallest absolute Gasteiger partial charge is 0.244 e. The van der Waals surface area contributed by atoms with Crippen molar-refractivity contribution < 1.29 is 27.5 Å². The van der Waals surface area contributed by atoms with Crippen LogP contribution < -0.4 is 19.1 Å². The molecule has 0 saturated carbocycles. The number of carbonyl (C=O) groups excluding carboxylic acids is 2. The number of hydrogen-bond acceptors (Lipinski definition) is 6. The number of rotatable bonds is 11. The summed E-state index contributed by atoms with van der Waals surface area (Å²) in [5.74, 6) is 0.319. The van der Waals surface area contributed by atoms with Crippen molar-refractivity contribution in [3.8, 4) is 11.5 Å². The average molecular weight is 492 g/mol. The maximum atomic E-state index is 13.5. The van der Waals surface area contributed by atoms with Crippen molar-refractivity contribution in [1.29, 1.82) is 0 Å². The molecule has 1 atom stereocenters. The van der Waals surface area contributed by atoms with Crippen molar-refractivity contribution in [2.75, 3.05) is 31.3 Å². The number of hydrogen-bond donors (Lipinski definition) is 1. The molecule has 0 spiro atoms. The van der Waals surface area contributed by atoms with Crippen LogP contribution >= 0.6 is 0 Å². The first-order valence-electron chi connectivity index (χ1n) is 10.8. The SMILES string of the molecule is COc1ccc(N(CC(=O)N(Cc2cccc(OC)c2)C(C)C(=O)NC(C)C)S(C)(=O)=O)cc1. The van der Waals surface area contributed by atoms with Gasteiger partial charge >= 0.3 is 0 Å². The Bertz CT molecular complexity index is 1090. The number of carbonyl (C=O) groups is 2. The molecule has 1 N–H and O–H groups in total. The zero-order valence-corrected chi connectivity index (χ0v) is 21.3. The molecule has 0 fully saturated rings. The fourth-order valence-electron chi connectivity index (χ4n) is 3.32. The molecule has 0 aliphatic carbocycles. The van der Waals surface area contributed by atoms with Crippen LogP contribution in [0.25, 0.3) is 0 Å². The van der Waals surface area contributed by atoms with E-state index in [1.807, 2.05) is 19.9 Å². The zero-order chi connectivity index (χ0) is 25.5. The Morgan fingerprint density at radius 3 is 2.12 bits per heavy atom. The van der Waals surface area contributed by atoms with Crippen molar-refractivity contribution in [2.24, 2.45) is 0 Å². The number of anilines is 1. The molecule has 0 heterocycles. The highest BCUT2D eigenvalue weighted by Crippen LogP contribution is 2.22. The summed E-state index contributed by atoms with van der Waals surface area (Å²) < 4.78 is 36.5. The van der Waals surface area contributed by atoms with Crippen LogP contribution in [0, 0.1) is 0 Å². The summed E-state index contributed by atoms with van der Waals surface area (Å²) in [6.45, 7) is 4.91. The highest BCUT2D eigenvalue weighted by Gasteiger charge is 2.30. The predicted octanol–water partition coefficient (Wildman–Crippen LogP) is 2.41. The quantitative estimate of drug-likeness (QED) is 0.518. The van der Waals surface area contributed by atoms with E-state index in [-0.39, 0.29) is 18.5 Å². The Balaban J connectivity index is 2.39. The lowest BCUT2D eigenvalue weighted by Crippen LogP contribution is -2.52. The summed E-state index contributed by atoms with van der Waals surface area (Å²) in [5.41, 5.74) is 1.06. The summed E-state index contributed by atoms with van der Waals surface area (Å²) >= 11 is 0. The van der Waals surface area contributed by atoms with Crippen molar-refractivity contribution in [3.05, 3.63) is 54.1 Å². The molecule has 10 heteroatoms. The van der Waals surface area contributed by atoms with E-state index in [4.69, 9.17) is 9.47 Å². The normalized spacial score (nSPS) is 12.1. The summed E-state index contributed by atoms with van der Waals surface area (Å²) in [5, 5.41) is 2.81. The first-order valence-corrected chi connectivity index (χ1v) is 12.7. The molecule has 2 amide bonds. The third-order valence-electron chi connectivity index (χ3n) is 5.12. The Morgan fingerprint density at radius 2 is 1.59 bits per heavy atom. The molecular formula is C24H33N3O6S. The summed E-state index contributed by atoms with van der Waals surface area (Å²) in [6.07, 6.45) is 1.03. The standard InChI is InChI=1S/C24H33N3O6S/c1-17(2)25-24(29)18(3)26(15-19-8-7-9-22(14-19)33-5)23(28)16-27(34(6,30)31)20-10-12-21(32-4)13-11-20/h7-14,17-18H,15-16H2,1-6H3,(H,25,29). The van der Waals surface area contributed by atoms with Crippen molar-refractivity contribution in [1.82, 2.24) is 10.2 Å². The van der Waals surface area contributed by atoms with Gasteiger partial charge in [0.2, 0.25) is 21.8 Å². The first kappa shape index (κ1) is 27.0. The highest BCUT2D eigenvalue weighted by molar-refractivity contribution is 7.92. The van der Waals surface area contributed by atoms with Gasteiger partial charge in [0.15, 0.2) is 0 Å². The van der Waals surface area contributed by atoms with Crippen LogP contribution in [0.15, 0.2) is 48.5 Å². The minimum Gasteiger partial charge on any atom is -0.497 e. The van der Waals surface area contributed by atoms with Gasteiger partial charge < -0.3 is 19.7 Å². The van der Waals surface area contributed by atoms with Crippen molar-refractivity contribution in [3.63, 3.8) is 0 Å². The van der Waals surface area contributed by atoms with Gasteiger partial charge in [-0.15, -0.1) is 0 Å². The van der Waals surface area contributed by atoms with Gasteiger partial charge in [0.25, 0.3) is 0 Å². The summed E-state index contributed by atoms with van der Waals surface area (Å²) in [7, 11) is -0.742. The van der Waals surface area contributed by atoms with Gasteiger partial charge in [-0.25, -0.2) is 8.42 Å². The molecule has 0 aromatic heterocycles. The van der Waals surface area contributed by atoms with Crippen LogP contribution in [0.3, 0.4) is 0 Å². The van der Waals surface area contributed by atoms with E-state index in [0.717, 1.165) is 16.1 Å². The van der Waals surface area contributed by atoms with E-state index in [2.05, 4.69) is 5.32 Å². The van der Waals surface area contributed by atoms with Gasteiger partial charge in [-0.1, -0.05) is 12.1 Å². The lowest BCUT2D eigenvalue weighted by Gasteiger charge is -2.32. The molecule has 2 aromatic carbocycles. The monoisotopic (exact) mass is 491 g/mol. The van der Waals surface area contributed by atoms with Crippen LogP contribution in [-0.4, -0.2) is 64.2 Å². The van der Waals surface area contributed by atoms with E-state index >= 15 is 0 Å². The highest BCUT2D eigenvalue weighted by atomic mass is 32.2. The van der Waals surface area contributed by atoms with Crippen LogP contribution in [0.4, 0.5) is 5.69 Å². The van der Waals surface area contributed by atoms with Crippen LogP contribution in [0.2, 0.25) is 0 Å². The van der Waals surface area contributed by atoms with Crippen LogP contribution in [-0.2, 0) is 26.2 Å². The second-order valence-electron chi connectivity index (χ2n) is 8.18. The van der Waals surface area contributed by atoms with Crippen molar-refractivity contribution in [2.45, 2.75) is 39.4 Å².